The summed E-state index contributed by atoms with van der Waals surface area (Å²) in [5, 5.41) is 4.99. The van der Waals surface area contributed by atoms with Crippen molar-refractivity contribution >= 4 is 57.1 Å². The molecule has 3 rings (SSSR count). The molecule has 2 aliphatic rings. The van der Waals surface area contributed by atoms with Crippen molar-refractivity contribution in [2.75, 3.05) is 40.0 Å². The minimum absolute atomic E-state index is 0.00471. The van der Waals surface area contributed by atoms with Crippen LogP contribution in [-0.4, -0.2) is 100.0 Å². The van der Waals surface area contributed by atoms with Crippen molar-refractivity contribution in [2.45, 2.75) is 29.7 Å². The quantitative estimate of drug-likeness (QED) is 0.0548. The van der Waals surface area contributed by atoms with Gasteiger partial charge in [0.15, 0.2) is 0 Å². The van der Waals surface area contributed by atoms with E-state index in [-0.39, 0.29) is 29.4 Å². The Morgan fingerprint density at radius 2 is 1.83 bits per heavy atom. The number of carbonyl (C=O) groups excluding carboxylic acids is 5. The van der Waals surface area contributed by atoms with Crippen LogP contribution in [0.15, 0.2) is 51.7 Å². The molecule has 2 heterocycles. The molecule has 1 saturated heterocycles. The van der Waals surface area contributed by atoms with Crippen LogP contribution in [0.2, 0.25) is 0 Å². The van der Waals surface area contributed by atoms with Gasteiger partial charge in [0, 0.05) is 19.3 Å². The second-order valence-electron chi connectivity index (χ2n) is 8.24. The predicted molar refractivity (Wildman–Crippen MR) is 140 cm³/mol. The first-order valence-corrected chi connectivity index (χ1v) is 14.4. The minimum Gasteiger partial charge on any atom is -0.428 e. The van der Waals surface area contributed by atoms with Crippen LogP contribution in [0.25, 0.3) is 0 Å². The summed E-state index contributed by atoms with van der Waals surface area (Å²) in [4.78, 5) is 68.2. The molecule has 222 valence electrons. The fraction of sp³-hybridized carbons (Fsp3) is 0.417. The first kappa shape index (κ1) is 31.7. The Morgan fingerprint density at radius 3 is 2.46 bits per heavy atom. The van der Waals surface area contributed by atoms with Crippen LogP contribution in [-0.2, 0) is 57.3 Å². The summed E-state index contributed by atoms with van der Waals surface area (Å²) in [5.74, 6) is -4.24. The van der Waals surface area contributed by atoms with Gasteiger partial charge in [0.25, 0.3) is 21.9 Å². The number of methoxy groups -OCH3 is 1. The van der Waals surface area contributed by atoms with E-state index in [1.54, 1.807) is 13.0 Å². The standard InChI is InChI=1S/C24H27N3O12S2/c1-4-17(29)37-13-38-24(32)20-14(10-35-2)12-40-23-19(22(31)27(20)23)25-21(30)18(26-36-3)16(28)11-39-41(33,34)15-8-6-5-7-9-15/h5-9,19,23H,4,10-13H2,1-3H3,(H,25,30)/b26-18-/t19?,23-/m1/s1. The number of rotatable bonds is 14. The van der Waals surface area contributed by atoms with E-state index in [2.05, 4.69) is 15.3 Å². The van der Waals surface area contributed by atoms with E-state index < -0.39 is 70.2 Å². The highest BCUT2D eigenvalue weighted by molar-refractivity contribution is 8.00. The number of hydrogen-bond acceptors (Lipinski definition) is 14. The van der Waals surface area contributed by atoms with Crippen LogP contribution in [0.4, 0.5) is 0 Å². The molecule has 1 aromatic carbocycles. The Hall–Kier alpha value is -3.80. The normalized spacial score (nSPS) is 18.7. The number of nitrogens with zero attached hydrogens (tertiary/aromatic N) is 2. The zero-order valence-corrected chi connectivity index (χ0v) is 23.8. The molecule has 0 saturated carbocycles. The molecule has 0 spiro atoms. The fourth-order valence-corrected chi connectivity index (χ4v) is 5.87. The van der Waals surface area contributed by atoms with Crippen LogP contribution < -0.4 is 5.32 Å². The van der Waals surface area contributed by atoms with Gasteiger partial charge in [0.1, 0.15) is 30.8 Å². The van der Waals surface area contributed by atoms with Crippen molar-refractivity contribution in [3.8, 4) is 0 Å². The third-order valence-corrected chi connectivity index (χ3v) is 8.20. The number of hydrogen-bond donors (Lipinski definition) is 1. The van der Waals surface area contributed by atoms with Gasteiger partial charge in [-0.05, 0) is 17.7 Å². The second kappa shape index (κ2) is 14.2. The van der Waals surface area contributed by atoms with Crippen molar-refractivity contribution < 1.29 is 55.6 Å². The van der Waals surface area contributed by atoms with Crippen LogP contribution in [0.3, 0.4) is 0 Å². The van der Waals surface area contributed by atoms with E-state index >= 15 is 0 Å². The number of fused-ring (bicyclic) bond motifs is 1. The summed E-state index contributed by atoms with van der Waals surface area (Å²) in [6.07, 6.45) is 0.0751. The molecule has 1 aromatic rings. The Balaban J connectivity index is 1.69. The molecule has 0 radical (unpaired) electrons. The van der Waals surface area contributed by atoms with Crippen LogP contribution in [0.5, 0.6) is 0 Å². The van der Waals surface area contributed by atoms with Gasteiger partial charge in [-0.25, -0.2) is 4.79 Å². The Morgan fingerprint density at radius 1 is 1.12 bits per heavy atom. The Bertz CT molecular complexity index is 1360. The first-order valence-electron chi connectivity index (χ1n) is 11.9. The van der Waals surface area contributed by atoms with Crippen LogP contribution in [0.1, 0.15) is 13.3 Å². The molecule has 41 heavy (non-hydrogen) atoms. The number of nitrogens with one attached hydrogen (secondary N) is 1. The number of β-lactam (4-membered cyclic amide) rings is 1. The zero-order chi connectivity index (χ0) is 30.2. The van der Waals surface area contributed by atoms with E-state index in [9.17, 15) is 32.4 Å². The maximum absolute atomic E-state index is 13.1. The fourth-order valence-electron chi connectivity index (χ4n) is 3.65. The van der Waals surface area contributed by atoms with Crippen molar-refractivity contribution in [3.05, 3.63) is 41.6 Å². The largest absolute Gasteiger partial charge is 0.428 e. The first-order chi connectivity index (χ1) is 19.5. The summed E-state index contributed by atoms with van der Waals surface area (Å²) in [7, 11) is -1.84. The number of benzene rings is 1. The van der Waals surface area contributed by atoms with Gasteiger partial charge >= 0.3 is 11.9 Å². The third-order valence-electron chi connectivity index (χ3n) is 5.58. The summed E-state index contributed by atoms with van der Waals surface area (Å²) in [6, 6.07) is 5.87. The lowest BCUT2D eigenvalue weighted by Crippen LogP contribution is -2.71. The monoisotopic (exact) mass is 613 g/mol. The molecule has 0 aliphatic carbocycles. The number of ether oxygens (including phenoxy) is 3. The summed E-state index contributed by atoms with van der Waals surface area (Å²) in [5.41, 5.74) is -0.511. The number of esters is 2. The number of Topliss-reactive ketones (excluding diaryl/α,β-unsaturated/α-hetero) is 1. The lowest BCUT2D eigenvalue weighted by Gasteiger charge is -2.49. The lowest BCUT2D eigenvalue weighted by atomic mass is 10.0. The van der Waals surface area contributed by atoms with Gasteiger partial charge in [-0.2, -0.15) is 8.42 Å². The summed E-state index contributed by atoms with van der Waals surface area (Å²) >= 11 is 1.21. The second-order valence-corrected chi connectivity index (χ2v) is 11.0. The number of amides is 2. The molecule has 1 fully saturated rings. The highest BCUT2D eigenvalue weighted by atomic mass is 32.2. The zero-order valence-electron chi connectivity index (χ0n) is 22.2. The highest BCUT2D eigenvalue weighted by Crippen LogP contribution is 2.40. The summed E-state index contributed by atoms with van der Waals surface area (Å²) in [6.45, 7) is -0.145. The van der Waals surface area contributed by atoms with Gasteiger partial charge in [-0.3, -0.25) is 28.3 Å². The lowest BCUT2D eigenvalue weighted by molar-refractivity contribution is -0.167. The summed E-state index contributed by atoms with van der Waals surface area (Å²) < 4.78 is 44.3. The van der Waals surface area contributed by atoms with Gasteiger partial charge in [0.2, 0.25) is 18.3 Å². The maximum atomic E-state index is 13.1. The van der Waals surface area contributed by atoms with E-state index in [0.717, 1.165) is 12.0 Å². The number of oxime groups is 1. The van der Waals surface area contributed by atoms with Crippen molar-refractivity contribution in [3.63, 3.8) is 0 Å². The van der Waals surface area contributed by atoms with E-state index in [1.165, 1.54) is 43.1 Å². The van der Waals surface area contributed by atoms with E-state index in [0.29, 0.717) is 5.57 Å². The van der Waals surface area contributed by atoms with Crippen LogP contribution in [0, 0.1) is 0 Å². The molecular weight excluding hydrogens is 586 g/mol. The van der Waals surface area contributed by atoms with Gasteiger partial charge in [0.05, 0.1) is 11.5 Å². The molecule has 15 nitrogen and oxygen atoms in total. The van der Waals surface area contributed by atoms with Crippen molar-refractivity contribution in [1.29, 1.82) is 0 Å². The molecule has 2 amide bonds. The third kappa shape index (κ3) is 7.49. The number of ketones is 1. The molecule has 2 atom stereocenters. The average Bonchev–Trinajstić information content (AvgIpc) is 2.97. The van der Waals surface area contributed by atoms with Gasteiger partial charge in [-0.15, -0.1) is 11.8 Å². The molecule has 1 unspecified atom stereocenters. The number of thioether (sulfide) groups is 1. The van der Waals surface area contributed by atoms with Crippen molar-refractivity contribution in [2.24, 2.45) is 5.16 Å². The topological polar surface area (TPSA) is 193 Å². The highest BCUT2D eigenvalue weighted by Gasteiger charge is 2.55. The van der Waals surface area contributed by atoms with Crippen LogP contribution >= 0.6 is 11.8 Å². The van der Waals surface area contributed by atoms with Gasteiger partial charge < -0.3 is 24.4 Å². The maximum Gasteiger partial charge on any atom is 0.358 e. The predicted octanol–water partition coefficient (Wildman–Crippen LogP) is -0.282. The van der Waals surface area contributed by atoms with E-state index in [4.69, 9.17) is 18.4 Å². The molecule has 17 heteroatoms. The Kier molecular flexibility index (Phi) is 11.0. The van der Waals surface area contributed by atoms with Gasteiger partial charge in [-0.1, -0.05) is 30.3 Å². The molecule has 0 bridgehead atoms. The smallest absolute Gasteiger partial charge is 0.358 e. The Labute approximate surface area is 239 Å². The van der Waals surface area contributed by atoms with Crippen molar-refractivity contribution in [1.82, 2.24) is 10.2 Å². The van der Waals surface area contributed by atoms with E-state index in [1.807, 2.05) is 0 Å². The molecule has 2 aliphatic heterocycles. The SMILES string of the molecule is CCC(=O)OCOC(=O)C1=C(COC)CS[C@@H]2C(NC(=O)/C(=N\OC)C(=O)COS(=O)(=O)c3ccccc3)C(=O)N12. The molecule has 1 N–H and O–H groups in total. The average molecular weight is 614 g/mol. The number of carbonyl (C=O) groups is 5. The molecule has 0 aromatic heterocycles. The molecular formula is C24H27N3O12S2. The minimum atomic E-state index is -4.31.